The zero-order chi connectivity index (χ0) is 13.7. The number of halogens is 2. The van der Waals surface area contributed by atoms with Gasteiger partial charge in [-0.3, -0.25) is 4.79 Å². The van der Waals surface area contributed by atoms with Crippen molar-refractivity contribution in [3.8, 4) is 0 Å². The van der Waals surface area contributed by atoms with Crippen LogP contribution in [0.1, 0.15) is 0 Å². The second-order valence-electron chi connectivity index (χ2n) is 3.92. The maximum Gasteiger partial charge on any atom is 0.243 e. The molecule has 0 unspecified atom stereocenters. The summed E-state index contributed by atoms with van der Waals surface area (Å²) in [5, 5.41) is 6.95. The van der Waals surface area contributed by atoms with Gasteiger partial charge in [-0.2, -0.15) is 0 Å². The van der Waals surface area contributed by atoms with E-state index in [2.05, 4.69) is 10.6 Å². The molecule has 0 atom stereocenters. The summed E-state index contributed by atoms with van der Waals surface area (Å²) in [6.45, 7) is 0.160. The quantitative estimate of drug-likeness (QED) is 0.893. The van der Waals surface area contributed by atoms with Crippen LogP contribution in [-0.2, 0) is 4.79 Å². The highest BCUT2D eigenvalue weighted by atomic mass is 35.5. The maximum absolute atomic E-state index is 11.7. The Morgan fingerprint density at radius 1 is 0.947 bits per heavy atom. The Morgan fingerprint density at radius 3 is 2.16 bits per heavy atom. The van der Waals surface area contributed by atoms with Crippen LogP contribution in [-0.4, -0.2) is 12.5 Å². The van der Waals surface area contributed by atoms with Crippen LogP contribution in [0.4, 0.5) is 11.4 Å². The number of nitrogens with one attached hydrogen (secondary N) is 2. The highest BCUT2D eigenvalue weighted by Gasteiger charge is 2.02. The first-order valence-electron chi connectivity index (χ1n) is 5.68. The molecule has 0 spiro atoms. The molecule has 0 aliphatic rings. The van der Waals surface area contributed by atoms with E-state index in [1.807, 2.05) is 12.1 Å². The lowest BCUT2D eigenvalue weighted by Gasteiger charge is -2.08. The van der Waals surface area contributed by atoms with E-state index < -0.39 is 0 Å². The molecule has 0 saturated heterocycles. The highest BCUT2D eigenvalue weighted by Crippen LogP contribution is 2.16. The molecule has 1 amide bonds. The third-order valence-electron chi connectivity index (χ3n) is 2.39. The third kappa shape index (κ3) is 4.47. The van der Waals surface area contributed by atoms with Crippen molar-refractivity contribution in [3.63, 3.8) is 0 Å². The molecule has 2 rings (SSSR count). The summed E-state index contributed by atoms with van der Waals surface area (Å²) in [6, 6.07) is 14.2. The molecule has 0 aliphatic carbocycles. The second kappa shape index (κ2) is 6.45. The van der Waals surface area contributed by atoms with Crippen LogP contribution in [0.15, 0.2) is 48.5 Å². The zero-order valence-electron chi connectivity index (χ0n) is 9.99. The summed E-state index contributed by atoms with van der Waals surface area (Å²) in [7, 11) is 0. The Hall–Kier alpha value is -1.71. The van der Waals surface area contributed by atoms with Crippen molar-refractivity contribution in [2.24, 2.45) is 0 Å². The molecule has 19 heavy (non-hydrogen) atoms. The van der Waals surface area contributed by atoms with Gasteiger partial charge in [0.2, 0.25) is 5.91 Å². The molecule has 5 heteroatoms. The third-order valence-corrected chi connectivity index (χ3v) is 2.86. The number of carbonyl (C=O) groups is 1. The smallest absolute Gasteiger partial charge is 0.243 e. The van der Waals surface area contributed by atoms with Gasteiger partial charge in [0, 0.05) is 21.4 Å². The molecule has 0 fully saturated rings. The lowest BCUT2D eigenvalue weighted by molar-refractivity contribution is -0.114. The molecule has 3 nitrogen and oxygen atoms in total. The Balaban J connectivity index is 1.88. The van der Waals surface area contributed by atoms with E-state index in [0.717, 1.165) is 5.69 Å². The number of amides is 1. The van der Waals surface area contributed by atoms with Crippen molar-refractivity contribution in [2.45, 2.75) is 0 Å². The van der Waals surface area contributed by atoms with E-state index in [0.29, 0.717) is 15.7 Å². The predicted octanol–water partition coefficient (Wildman–Crippen LogP) is 4.04. The normalized spacial score (nSPS) is 10.0. The minimum Gasteiger partial charge on any atom is -0.376 e. The predicted molar refractivity (Wildman–Crippen MR) is 80.0 cm³/mol. The number of anilines is 2. The maximum atomic E-state index is 11.7. The van der Waals surface area contributed by atoms with Gasteiger partial charge in [0.15, 0.2) is 0 Å². The monoisotopic (exact) mass is 294 g/mol. The molecule has 0 bridgehead atoms. The summed E-state index contributed by atoms with van der Waals surface area (Å²) in [5.74, 6) is -0.151. The summed E-state index contributed by atoms with van der Waals surface area (Å²) in [5.41, 5.74) is 1.47. The molecule has 2 aromatic rings. The largest absolute Gasteiger partial charge is 0.376 e. The minimum atomic E-state index is -0.151. The van der Waals surface area contributed by atoms with Crippen LogP contribution in [0.2, 0.25) is 10.0 Å². The number of hydrogen-bond donors (Lipinski definition) is 2. The Morgan fingerprint density at radius 2 is 1.53 bits per heavy atom. The zero-order valence-corrected chi connectivity index (χ0v) is 11.5. The van der Waals surface area contributed by atoms with Crippen molar-refractivity contribution in [1.29, 1.82) is 0 Å². The Bertz CT molecular complexity index is 587. The van der Waals surface area contributed by atoms with Gasteiger partial charge in [-0.25, -0.2) is 0 Å². The molecule has 98 valence electrons. The first-order valence-corrected chi connectivity index (χ1v) is 6.44. The van der Waals surface area contributed by atoms with E-state index in [1.165, 1.54) is 0 Å². The standard InChI is InChI=1S/C14H12Cl2N2O/c15-10-3-1-5-12(7-10)17-9-14(19)18-13-6-2-4-11(16)8-13/h1-8,17H,9H2,(H,18,19). The van der Waals surface area contributed by atoms with Crippen molar-refractivity contribution >= 4 is 40.5 Å². The fourth-order valence-corrected chi connectivity index (χ4v) is 1.93. The van der Waals surface area contributed by atoms with Crippen LogP contribution in [0.25, 0.3) is 0 Å². The van der Waals surface area contributed by atoms with Crippen molar-refractivity contribution in [1.82, 2.24) is 0 Å². The van der Waals surface area contributed by atoms with Crippen LogP contribution in [0.3, 0.4) is 0 Å². The van der Waals surface area contributed by atoms with Gasteiger partial charge in [-0.05, 0) is 36.4 Å². The average molecular weight is 295 g/mol. The van der Waals surface area contributed by atoms with E-state index in [9.17, 15) is 4.79 Å². The molecule has 0 heterocycles. The van der Waals surface area contributed by atoms with Gasteiger partial charge in [0.1, 0.15) is 0 Å². The summed E-state index contributed by atoms with van der Waals surface area (Å²) in [6.07, 6.45) is 0. The summed E-state index contributed by atoms with van der Waals surface area (Å²) in [4.78, 5) is 11.7. The van der Waals surface area contributed by atoms with Gasteiger partial charge < -0.3 is 10.6 Å². The molecule has 0 saturated carbocycles. The lowest BCUT2D eigenvalue weighted by atomic mass is 10.3. The molecule has 0 radical (unpaired) electrons. The molecular weight excluding hydrogens is 283 g/mol. The van der Waals surface area contributed by atoms with Gasteiger partial charge in [-0.15, -0.1) is 0 Å². The van der Waals surface area contributed by atoms with Crippen molar-refractivity contribution in [3.05, 3.63) is 58.6 Å². The van der Waals surface area contributed by atoms with E-state index in [1.54, 1.807) is 36.4 Å². The van der Waals surface area contributed by atoms with Crippen LogP contribution < -0.4 is 10.6 Å². The van der Waals surface area contributed by atoms with Gasteiger partial charge in [-0.1, -0.05) is 35.3 Å². The number of hydrogen-bond acceptors (Lipinski definition) is 2. The molecule has 0 aromatic heterocycles. The van der Waals surface area contributed by atoms with Crippen molar-refractivity contribution in [2.75, 3.05) is 17.2 Å². The lowest BCUT2D eigenvalue weighted by Crippen LogP contribution is -2.21. The molecule has 0 aliphatic heterocycles. The number of benzene rings is 2. The summed E-state index contributed by atoms with van der Waals surface area (Å²) >= 11 is 11.7. The molecular formula is C14H12Cl2N2O. The van der Waals surface area contributed by atoms with E-state index >= 15 is 0 Å². The first kappa shape index (κ1) is 13.7. The highest BCUT2D eigenvalue weighted by molar-refractivity contribution is 6.31. The van der Waals surface area contributed by atoms with E-state index in [4.69, 9.17) is 23.2 Å². The number of rotatable bonds is 4. The van der Waals surface area contributed by atoms with Crippen LogP contribution >= 0.6 is 23.2 Å². The molecule has 2 aromatic carbocycles. The second-order valence-corrected chi connectivity index (χ2v) is 4.80. The fourth-order valence-electron chi connectivity index (χ4n) is 1.55. The fraction of sp³-hybridized carbons (Fsp3) is 0.0714. The first-order chi connectivity index (χ1) is 9.13. The SMILES string of the molecule is O=C(CNc1cccc(Cl)c1)Nc1cccc(Cl)c1. The van der Waals surface area contributed by atoms with Gasteiger partial charge in [0.25, 0.3) is 0 Å². The van der Waals surface area contributed by atoms with Crippen molar-refractivity contribution < 1.29 is 4.79 Å². The van der Waals surface area contributed by atoms with E-state index in [-0.39, 0.29) is 12.5 Å². The Labute approximate surface area is 121 Å². The summed E-state index contributed by atoms with van der Waals surface area (Å²) < 4.78 is 0. The van der Waals surface area contributed by atoms with Crippen LogP contribution in [0, 0.1) is 0 Å². The minimum absolute atomic E-state index is 0.151. The average Bonchev–Trinajstić information content (AvgIpc) is 2.36. The topological polar surface area (TPSA) is 41.1 Å². The molecule has 2 N–H and O–H groups in total. The van der Waals surface area contributed by atoms with Crippen LogP contribution in [0.5, 0.6) is 0 Å². The number of carbonyl (C=O) groups excluding carboxylic acids is 1. The van der Waals surface area contributed by atoms with Gasteiger partial charge in [0.05, 0.1) is 6.54 Å². The van der Waals surface area contributed by atoms with Gasteiger partial charge >= 0.3 is 0 Å². The Kier molecular flexibility index (Phi) is 4.66.